The van der Waals surface area contributed by atoms with Gasteiger partial charge in [0.1, 0.15) is 11.8 Å². The third-order valence-electron chi connectivity index (χ3n) is 4.00. The highest BCUT2D eigenvalue weighted by molar-refractivity contribution is 6.45. The molecule has 2 fully saturated rings. The molecule has 1 aromatic rings. The number of nitrogens with two attached hydrogens (primary N) is 1. The molecule has 2 heterocycles. The second kappa shape index (κ2) is 7.29. The van der Waals surface area contributed by atoms with E-state index < -0.39 is 5.91 Å². The number of hydrogen-bond donors (Lipinski definition) is 4. The zero-order valence-electron chi connectivity index (χ0n) is 13.1. The lowest BCUT2D eigenvalue weighted by atomic mass is 10.2. The fourth-order valence-corrected chi connectivity index (χ4v) is 2.66. The van der Waals surface area contributed by atoms with Gasteiger partial charge in [-0.3, -0.25) is 9.78 Å². The summed E-state index contributed by atoms with van der Waals surface area (Å²) in [7, 11) is 0. The minimum absolute atomic E-state index is 0.0289. The van der Waals surface area contributed by atoms with Crippen molar-refractivity contribution in [2.24, 2.45) is 11.7 Å². The van der Waals surface area contributed by atoms with Crippen LogP contribution >= 0.6 is 11.6 Å². The van der Waals surface area contributed by atoms with Gasteiger partial charge in [0.05, 0.1) is 34.9 Å². The van der Waals surface area contributed by atoms with Crippen LogP contribution in [0.25, 0.3) is 0 Å². The molecule has 1 saturated carbocycles. The smallest absolute Gasteiger partial charge is 0.273 e. The molecule has 2 aliphatic rings. The van der Waals surface area contributed by atoms with Gasteiger partial charge >= 0.3 is 0 Å². The van der Waals surface area contributed by atoms with E-state index >= 15 is 0 Å². The van der Waals surface area contributed by atoms with Crippen LogP contribution in [-0.2, 0) is 9.53 Å². The Morgan fingerprint density at radius 3 is 2.83 bits per heavy atom. The van der Waals surface area contributed by atoms with Crippen molar-refractivity contribution < 1.29 is 9.53 Å². The molecule has 1 aliphatic heterocycles. The van der Waals surface area contributed by atoms with Crippen LogP contribution in [0.3, 0.4) is 0 Å². The maximum atomic E-state index is 12.2. The number of carbonyl (C=O) groups excluding carboxylic acids is 1. The van der Waals surface area contributed by atoms with Crippen LogP contribution in [0.4, 0.5) is 5.69 Å². The van der Waals surface area contributed by atoms with E-state index in [4.69, 9.17) is 27.5 Å². The molecule has 7 nitrogen and oxygen atoms in total. The molecule has 0 aromatic carbocycles. The molecule has 128 valence electrons. The maximum absolute atomic E-state index is 12.2. The summed E-state index contributed by atoms with van der Waals surface area (Å²) in [5.74, 6) is -0.399. The molecule has 3 rings (SSSR count). The Labute approximate surface area is 145 Å². The van der Waals surface area contributed by atoms with Crippen molar-refractivity contribution in [1.82, 2.24) is 10.3 Å². The molecule has 5 N–H and O–H groups in total. The SMILES string of the molecule is N=C(/C(Cl)=C(\N)C(=O)Nc1ccc([C@@H]2CNCCO2)nc1)C1CC1. The van der Waals surface area contributed by atoms with Gasteiger partial charge in [-0.15, -0.1) is 0 Å². The number of morpholine rings is 1. The quantitative estimate of drug-likeness (QED) is 0.475. The molecule has 0 bridgehead atoms. The number of pyridine rings is 1. The lowest BCUT2D eigenvalue weighted by Gasteiger charge is -2.23. The Kier molecular flexibility index (Phi) is 5.13. The predicted molar refractivity (Wildman–Crippen MR) is 91.9 cm³/mol. The lowest BCUT2D eigenvalue weighted by molar-refractivity contribution is -0.112. The molecule has 24 heavy (non-hydrogen) atoms. The first-order chi connectivity index (χ1) is 11.6. The monoisotopic (exact) mass is 349 g/mol. The van der Waals surface area contributed by atoms with Crippen LogP contribution in [-0.4, -0.2) is 36.3 Å². The predicted octanol–water partition coefficient (Wildman–Crippen LogP) is 1.52. The molecule has 1 saturated heterocycles. The Morgan fingerprint density at radius 2 is 2.25 bits per heavy atom. The largest absolute Gasteiger partial charge is 0.393 e. The van der Waals surface area contributed by atoms with Crippen molar-refractivity contribution in [3.63, 3.8) is 0 Å². The number of ether oxygens (including phenoxy) is 1. The van der Waals surface area contributed by atoms with Crippen molar-refractivity contribution in [2.75, 3.05) is 25.0 Å². The molecule has 1 aromatic heterocycles. The minimum atomic E-state index is -0.532. The van der Waals surface area contributed by atoms with Crippen LogP contribution < -0.4 is 16.4 Å². The number of allylic oxidation sites excluding steroid dienone is 1. The molecule has 0 unspecified atom stereocenters. The minimum Gasteiger partial charge on any atom is -0.393 e. The van der Waals surface area contributed by atoms with E-state index in [1.165, 1.54) is 0 Å². The number of aromatic nitrogens is 1. The van der Waals surface area contributed by atoms with Crippen molar-refractivity contribution >= 4 is 28.9 Å². The van der Waals surface area contributed by atoms with Crippen LogP contribution in [0, 0.1) is 11.3 Å². The second-order valence-electron chi connectivity index (χ2n) is 5.91. The van der Waals surface area contributed by atoms with Gasteiger partial charge in [0, 0.05) is 19.0 Å². The number of nitrogens with one attached hydrogen (secondary N) is 3. The molecule has 1 amide bonds. The summed E-state index contributed by atoms with van der Waals surface area (Å²) in [6.45, 7) is 2.21. The molecule has 0 spiro atoms. The summed E-state index contributed by atoms with van der Waals surface area (Å²) in [5.41, 5.74) is 7.18. The lowest BCUT2D eigenvalue weighted by Crippen LogP contribution is -2.33. The van der Waals surface area contributed by atoms with Gasteiger partial charge < -0.3 is 26.5 Å². The van der Waals surface area contributed by atoms with Gasteiger partial charge in [0.15, 0.2) is 0 Å². The zero-order chi connectivity index (χ0) is 17.1. The number of carbonyl (C=O) groups is 1. The summed E-state index contributed by atoms with van der Waals surface area (Å²) in [6.07, 6.45) is 3.32. The highest BCUT2D eigenvalue weighted by atomic mass is 35.5. The summed E-state index contributed by atoms with van der Waals surface area (Å²) >= 11 is 6.03. The number of rotatable bonds is 5. The van der Waals surface area contributed by atoms with Crippen LogP contribution in [0.1, 0.15) is 24.6 Å². The van der Waals surface area contributed by atoms with Crippen molar-refractivity contribution in [2.45, 2.75) is 18.9 Å². The summed E-state index contributed by atoms with van der Waals surface area (Å²) < 4.78 is 5.63. The Hall–Kier alpha value is -1.96. The summed E-state index contributed by atoms with van der Waals surface area (Å²) in [5, 5.41) is 13.8. The van der Waals surface area contributed by atoms with Crippen LogP contribution in [0.15, 0.2) is 29.1 Å². The molecule has 0 radical (unpaired) electrons. The fourth-order valence-electron chi connectivity index (χ4n) is 2.42. The van der Waals surface area contributed by atoms with E-state index in [2.05, 4.69) is 15.6 Å². The van der Waals surface area contributed by atoms with E-state index in [0.29, 0.717) is 18.8 Å². The Balaban J connectivity index is 1.63. The molecule has 1 aliphatic carbocycles. The average molecular weight is 350 g/mol. The summed E-state index contributed by atoms with van der Waals surface area (Å²) in [6, 6.07) is 3.55. The van der Waals surface area contributed by atoms with Crippen molar-refractivity contribution in [3.8, 4) is 0 Å². The van der Waals surface area contributed by atoms with E-state index in [-0.39, 0.29) is 28.5 Å². The van der Waals surface area contributed by atoms with Gasteiger partial charge in [-0.2, -0.15) is 0 Å². The third kappa shape index (κ3) is 3.92. The van der Waals surface area contributed by atoms with Gasteiger partial charge in [0.25, 0.3) is 5.91 Å². The van der Waals surface area contributed by atoms with Crippen molar-refractivity contribution in [1.29, 1.82) is 5.41 Å². The molecular weight excluding hydrogens is 330 g/mol. The topological polar surface area (TPSA) is 113 Å². The number of hydrogen-bond acceptors (Lipinski definition) is 6. The first kappa shape index (κ1) is 16.9. The Bertz CT molecular complexity index is 664. The first-order valence-electron chi connectivity index (χ1n) is 7.90. The van der Waals surface area contributed by atoms with Gasteiger partial charge in [-0.25, -0.2) is 0 Å². The van der Waals surface area contributed by atoms with Crippen LogP contribution in [0.2, 0.25) is 0 Å². The molecular formula is C16H20ClN5O2. The average Bonchev–Trinajstić information content (AvgIpc) is 3.46. The van der Waals surface area contributed by atoms with E-state index in [1.807, 2.05) is 0 Å². The van der Waals surface area contributed by atoms with Gasteiger partial charge in [0.2, 0.25) is 0 Å². The standard InChI is InChI=1S/C16H20ClN5O2/c17-13(14(18)9-1-2-9)15(19)16(23)22-10-3-4-11(21-7-10)12-8-20-5-6-24-12/h3-4,7,9,12,18,20H,1-2,5-6,8,19H2,(H,22,23)/b15-13+,18-14?/t12-/m0/s1. The molecule has 8 heteroatoms. The number of nitrogens with zero attached hydrogens (tertiary/aromatic N) is 1. The molecule has 1 atom stereocenters. The number of anilines is 1. The number of amides is 1. The van der Waals surface area contributed by atoms with Gasteiger partial charge in [-0.1, -0.05) is 11.6 Å². The van der Waals surface area contributed by atoms with E-state index in [0.717, 1.165) is 25.1 Å². The first-order valence-corrected chi connectivity index (χ1v) is 8.27. The summed E-state index contributed by atoms with van der Waals surface area (Å²) in [4.78, 5) is 16.5. The second-order valence-corrected chi connectivity index (χ2v) is 6.28. The number of halogens is 1. The van der Waals surface area contributed by atoms with E-state index in [9.17, 15) is 4.79 Å². The maximum Gasteiger partial charge on any atom is 0.273 e. The fraction of sp³-hybridized carbons (Fsp3) is 0.438. The van der Waals surface area contributed by atoms with Gasteiger partial charge in [-0.05, 0) is 25.0 Å². The van der Waals surface area contributed by atoms with E-state index in [1.54, 1.807) is 18.3 Å². The Morgan fingerprint density at radius 1 is 1.46 bits per heavy atom. The highest BCUT2D eigenvalue weighted by Gasteiger charge is 2.30. The van der Waals surface area contributed by atoms with Crippen LogP contribution in [0.5, 0.6) is 0 Å². The highest BCUT2D eigenvalue weighted by Crippen LogP contribution is 2.34. The normalized spacial score (nSPS) is 21.8. The third-order valence-corrected chi connectivity index (χ3v) is 4.41. The zero-order valence-corrected chi connectivity index (χ0v) is 13.9. The van der Waals surface area contributed by atoms with Crippen molar-refractivity contribution in [3.05, 3.63) is 34.8 Å².